The Bertz CT molecular complexity index is 920. The molecule has 2 aromatic carbocycles. The van der Waals surface area contributed by atoms with Gasteiger partial charge in [0.05, 0.1) is 12.7 Å². The van der Waals surface area contributed by atoms with Gasteiger partial charge < -0.3 is 18.7 Å². The lowest BCUT2D eigenvalue weighted by atomic mass is 10.2. The highest BCUT2D eigenvalue weighted by Gasteiger charge is 2.14. The number of carbonyl (C=O) groups excluding carboxylic acids is 2. The molecule has 0 spiro atoms. The number of ether oxygens (including phenoxy) is 3. The first-order valence-corrected chi connectivity index (χ1v) is 7.99. The molecule has 0 atom stereocenters. The summed E-state index contributed by atoms with van der Waals surface area (Å²) in [5.41, 5.74) is 1.19. The second kappa shape index (κ2) is 8.61. The summed E-state index contributed by atoms with van der Waals surface area (Å²) in [5, 5.41) is 3.87. The van der Waals surface area contributed by atoms with E-state index >= 15 is 0 Å². The van der Waals surface area contributed by atoms with Crippen molar-refractivity contribution in [1.82, 2.24) is 10.1 Å². The quantitative estimate of drug-likeness (QED) is 0.442. The lowest BCUT2D eigenvalue weighted by Crippen LogP contribution is -2.14. The molecule has 3 rings (SSSR count). The van der Waals surface area contributed by atoms with Gasteiger partial charge >= 0.3 is 5.97 Å². The first-order chi connectivity index (χ1) is 13.2. The fraction of sp³-hybridized carbons (Fsp3) is 0.158. The molecular formula is C19H16N2O6. The Morgan fingerprint density at radius 1 is 1.15 bits per heavy atom. The van der Waals surface area contributed by atoms with Crippen LogP contribution in [0.5, 0.6) is 11.5 Å². The van der Waals surface area contributed by atoms with Crippen LogP contribution in [0, 0.1) is 0 Å². The molecule has 8 heteroatoms. The monoisotopic (exact) mass is 368 g/mol. The van der Waals surface area contributed by atoms with Crippen molar-refractivity contribution in [2.75, 3.05) is 13.7 Å². The number of benzene rings is 2. The average molecular weight is 368 g/mol. The molecule has 0 amide bonds. The summed E-state index contributed by atoms with van der Waals surface area (Å²) in [4.78, 5) is 26.6. The minimum absolute atomic E-state index is 0.152. The van der Waals surface area contributed by atoms with Gasteiger partial charge in [-0.15, -0.1) is 0 Å². The molecule has 0 aliphatic carbocycles. The Labute approximate surface area is 154 Å². The van der Waals surface area contributed by atoms with E-state index in [0.29, 0.717) is 28.5 Å². The van der Waals surface area contributed by atoms with E-state index in [2.05, 4.69) is 10.1 Å². The van der Waals surface area contributed by atoms with Crippen molar-refractivity contribution in [2.45, 2.75) is 6.61 Å². The number of rotatable bonds is 8. The Morgan fingerprint density at radius 2 is 1.93 bits per heavy atom. The van der Waals surface area contributed by atoms with Gasteiger partial charge in [0.1, 0.15) is 17.8 Å². The van der Waals surface area contributed by atoms with Crippen molar-refractivity contribution < 1.29 is 28.3 Å². The molecule has 0 bridgehead atoms. The zero-order chi connectivity index (χ0) is 19.1. The fourth-order valence-corrected chi connectivity index (χ4v) is 2.22. The van der Waals surface area contributed by atoms with Crippen LogP contribution in [0.15, 0.2) is 53.1 Å². The van der Waals surface area contributed by atoms with Crippen molar-refractivity contribution in [3.8, 4) is 22.9 Å². The maximum Gasteiger partial charge on any atom is 0.344 e. The molecule has 0 saturated carbocycles. The zero-order valence-electron chi connectivity index (χ0n) is 14.5. The van der Waals surface area contributed by atoms with E-state index < -0.39 is 5.97 Å². The molecule has 0 aliphatic heterocycles. The van der Waals surface area contributed by atoms with E-state index in [1.165, 1.54) is 0 Å². The summed E-state index contributed by atoms with van der Waals surface area (Å²) >= 11 is 0. The van der Waals surface area contributed by atoms with Gasteiger partial charge in [0.2, 0.25) is 5.82 Å². The van der Waals surface area contributed by atoms with E-state index in [4.69, 9.17) is 18.7 Å². The lowest BCUT2D eigenvalue weighted by Gasteiger charge is -2.05. The number of hydrogen-bond donors (Lipinski definition) is 0. The van der Waals surface area contributed by atoms with Gasteiger partial charge in [-0.3, -0.25) is 4.79 Å². The minimum Gasteiger partial charge on any atom is -0.496 e. The van der Waals surface area contributed by atoms with Crippen LogP contribution < -0.4 is 9.47 Å². The number of para-hydroxylation sites is 1. The van der Waals surface area contributed by atoms with Gasteiger partial charge in [0, 0.05) is 5.56 Å². The van der Waals surface area contributed by atoms with Crippen LogP contribution >= 0.6 is 0 Å². The van der Waals surface area contributed by atoms with Crippen molar-refractivity contribution in [1.29, 1.82) is 0 Å². The van der Waals surface area contributed by atoms with Crippen LogP contribution in [0.4, 0.5) is 0 Å². The molecule has 0 unspecified atom stereocenters. The van der Waals surface area contributed by atoms with Crippen molar-refractivity contribution in [3.63, 3.8) is 0 Å². The van der Waals surface area contributed by atoms with Crippen LogP contribution in [-0.4, -0.2) is 36.1 Å². The summed E-state index contributed by atoms with van der Waals surface area (Å²) in [6, 6.07) is 13.6. The van der Waals surface area contributed by atoms with Crippen molar-refractivity contribution in [3.05, 3.63) is 60.0 Å². The number of methoxy groups -OCH3 is 1. The van der Waals surface area contributed by atoms with Crippen LogP contribution in [0.25, 0.3) is 11.4 Å². The van der Waals surface area contributed by atoms with Gasteiger partial charge in [-0.05, 0) is 36.4 Å². The fourth-order valence-electron chi connectivity index (χ4n) is 2.22. The Kier molecular flexibility index (Phi) is 5.78. The summed E-state index contributed by atoms with van der Waals surface area (Å²) in [6.45, 7) is -0.456. The highest BCUT2D eigenvalue weighted by atomic mass is 16.6. The summed E-state index contributed by atoms with van der Waals surface area (Å²) in [5.74, 6) is 0.959. The molecule has 8 nitrogen and oxygen atoms in total. The second-order valence-corrected chi connectivity index (χ2v) is 5.35. The Hall–Kier alpha value is -3.68. The first kappa shape index (κ1) is 18.1. The highest BCUT2D eigenvalue weighted by Crippen LogP contribution is 2.27. The molecule has 1 heterocycles. The number of nitrogens with zero attached hydrogens (tertiary/aromatic N) is 2. The number of esters is 1. The molecule has 0 fully saturated rings. The van der Waals surface area contributed by atoms with E-state index in [9.17, 15) is 9.59 Å². The molecular weight excluding hydrogens is 352 g/mol. The van der Waals surface area contributed by atoms with Crippen molar-refractivity contribution in [2.24, 2.45) is 0 Å². The summed E-state index contributed by atoms with van der Waals surface area (Å²) in [7, 11) is 1.55. The van der Waals surface area contributed by atoms with Crippen LogP contribution in [0.2, 0.25) is 0 Å². The third-order valence-corrected chi connectivity index (χ3v) is 3.55. The molecule has 3 aromatic rings. The molecule has 0 saturated heterocycles. The molecule has 0 radical (unpaired) electrons. The van der Waals surface area contributed by atoms with Gasteiger partial charge in [0.15, 0.2) is 13.2 Å². The third-order valence-electron chi connectivity index (χ3n) is 3.55. The number of carbonyl (C=O) groups is 2. The predicted molar refractivity (Wildman–Crippen MR) is 93.4 cm³/mol. The van der Waals surface area contributed by atoms with Gasteiger partial charge in [-0.25, -0.2) is 4.79 Å². The van der Waals surface area contributed by atoms with E-state index in [-0.39, 0.29) is 19.1 Å². The van der Waals surface area contributed by atoms with E-state index in [1.807, 2.05) is 12.1 Å². The molecule has 1 aromatic heterocycles. The smallest absolute Gasteiger partial charge is 0.344 e. The summed E-state index contributed by atoms with van der Waals surface area (Å²) in [6.07, 6.45) is 0.724. The summed E-state index contributed by atoms with van der Waals surface area (Å²) < 4.78 is 20.7. The Morgan fingerprint density at radius 3 is 2.67 bits per heavy atom. The molecule has 0 aliphatic rings. The number of hydrogen-bond acceptors (Lipinski definition) is 8. The lowest BCUT2D eigenvalue weighted by molar-refractivity contribution is -0.148. The average Bonchev–Trinajstić information content (AvgIpc) is 3.20. The maximum absolute atomic E-state index is 11.8. The SMILES string of the molecule is COc1ccccc1-c1noc(COC(=O)COc2ccc(C=O)cc2)n1. The maximum atomic E-state index is 11.8. The van der Waals surface area contributed by atoms with E-state index in [1.54, 1.807) is 43.5 Å². The molecule has 138 valence electrons. The largest absolute Gasteiger partial charge is 0.496 e. The second-order valence-electron chi connectivity index (χ2n) is 5.35. The number of aldehydes is 1. The Balaban J connectivity index is 1.52. The predicted octanol–water partition coefficient (Wildman–Crippen LogP) is 2.68. The zero-order valence-corrected chi connectivity index (χ0v) is 14.5. The van der Waals surface area contributed by atoms with Crippen LogP contribution in [-0.2, 0) is 16.1 Å². The van der Waals surface area contributed by atoms with Crippen molar-refractivity contribution >= 4 is 12.3 Å². The van der Waals surface area contributed by atoms with Gasteiger partial charge in [0.25, 0.3) is 5.89 Å². The topological polar surface area (TPSA) is 101 Å². The van der Waals surface area contributed by atoms with Crippen LogP contribution in [0.3, 0.4) is 0 Å². The highest BCUT2D eigenvalue weighted by molar-refractivity contribution is 5.75. The minimum atomic E-state index is -0.591. The van der Waals surface area contributed by atoms with Gasteiger partial charge in [-0.1, -0.05) is 17.3 Å². The number of aromatic nitrogens is 2. The molecule has 27 heavy (non-hydrogen) atoms. The standard InChI is InChI=1S/C19H16N2O6/c1-24-16-5-3-2-4-15(16)19-20-17(27-21-19)11-26-18(23)12-25-14-8-6-13(10-22)7-9-14/h2-10H,11-12H2,1H3. The van der Waals surface area contributed by atoms with Crippen LogP contribution in [0.1, 0.15) is 16.2 Å². The van der Waals surface area contributed by atoms with E-state index in [0.717, 1.165) is 6.29 Å². The molecule has 0 N–H and O–H groups in total. The normalized spacial score (nSPS) is 10.3. The first-order valence-electron chi connectivity index (χ1n) is 7.99. The third kappa shape index (κ3) is 4.69. The van der Waals surface area contributed by atoms with Gasteiger partial charge in [-0.2, -0.15) is 4.98 Å².